The molecule has 2 aliphatic rings. The summed E-state index contributed by atoms with van der Waals surface area (Å²) in [6.45, 7) is 0. The van der Waals surface area contributed by atoms with Crippen LogP contribution in [0, 0.1) is 90.6 Å². The van der Waals surface area contributed by atoms with Gasteiger partial charge in [0.1, 0.15) is 53.6 Å². The van der Waals surface area contributed by atoms with Gasteiger partial charge in [-0.15, -0.1) is 0 Å². The summed E-state index contributed by atoms with van der Waals surface area (Å²) in [4.78, 5) is 0. The minimum Gasteiger partial charge on any atom is -0.192 e. The normalized spacial score (nSPS) is 13.3. The van der Waals surface area contributed by atoms with E-state index in [9.17, 15) is 81.6 Å². The van der Waals surface area contributed by atoms with Crippen molar-refractivity contribution in [1.29, 1.82) is 42.1 Å². The van der Waals surface area contributed by atoms with Crippen LogP contribution in [0.1, 0.15) is 61.2 Å². The van der Waals surface area contributed by atoms with Gasteiger partial charge in [-0.05, 0) is 47.0 Å². The summed E-state index contributed by atoms with van der Waals surface area (Å²) >= 11 is 0. The van der Waals surface area contributed by atoms with Crippen molar-refractivity contribution in [2.45, 2.75) is 18.5 Å². The molecule has 0 unspecified atom stereocenters. The Bertz CT molecular complexity index is 2720. The quantitative estimate of drug-likeness (QED) is 0.184. The number of nitrogens with zero attached hydrogens (tertiary/aromatic N) is 8. The minimum atomic E-state index is -5.62. The second kappa shape index (κ2) is 12.9. The molecule has 0 N–H and O–H groups in total. The first-order chi connectivity index (χ1) is 25.4. The van der Waals surface area contributed by atoms with Crippen molar-refractivity contribution in [3.8, 4) is 48.6 Å². The molecule has 2 aliphatic carbocycles. The molecule has 8 nitrogen and oxygen atoms in total. The number of allylic oxidation sites excluding steroid dienone is 8. The lowest BCUT2D eigenvalue weighted by Crippen LogP contribution is -2.16. The van der Waals surface area contributed by atoms with Crippen LogP contribution in [0.3, 0.4) is 0 Å². The predicted octanol–water partition coefficient (Wildman–Crippen LogP) is 8.98. The molecular formula is C37H7F9N8. The van der Waals surface area contributed by atoms with E-state index in [1.807, 2.05) is 0 Å². The molecule has 0 aliphatic heterocycles. The Labute approximate surface area is 296 Å². The topological polar surface area (TPSA) is 190 Å². The van der Waals surface area contributed by atoms with Crippen molar-refractivity contribution in [3.63, 3.8) is 0 Å². The van der Waals surface area contributed by atoms with Crippen LogP contribution in [-0.2, 0) is 18.5 Å². The standard InChI is InChI=1S/C37H7F9N8/c38-35(39,40)26-3-1-16(5-18(26)8-47)29-23(13-52)21-7-22-31(19(9-48)10-49)30(17-2-4-27(36(41,42)43)28(6-17)37(44,45)46)24(14-53)33(22)25(15-54)34(21)32(29)20(11-50)12-51/h1-7H. The molecule has 0 radical (unpaired) electrons. The molecule has 258 valence electrons. The van der Waals surface area contributed by atoms with E-state index in [0.717, 1.165) is 12.1 Å². The van der Waals surface area contributed by atoms with E-state index in [0.29, 0.717) is 18.2 Å². The van der Waals surface area contributed by atoms with Gasteiger partial charge < -0.3 is 0 Å². The van der Waals surface area contributed by atoms with Gasteiger partial charge in [0.25, 0.3) is 0 Å². The molecule has 0 saturated carbocycles. The van der Waals surface area contributed by atoms with Crippen LogP contribution >= 0.6 is 0 Å². The average molecular weight is 735 g/mol. The van der Waals surface area contributed by atoms with E-state index >= 15 is 0 Å². The summed E-state index contributed by atoms with van der Waals surface area (Å²) in [5, 5.41) is 80.6. The Morgan fingerprint density at radius 1 is 0.444 bits per heavy atom. The lowest BCUT2D eigenvalue weighted by atomic mass is 9.85. The van der Waals surface area contributed by atoms with Gasteiger partial charge in [0, 0.05) is 39.0 Å². The van der Waals surface area contributed by atoms with Crippen molar-refractivity contribution in [3.05, 3.63) is 115 Å². The zero-order chi connectivity index (χ0) is 40.1. The summed E-state index contributed by atoms with van der Waals surface area (Å²) < 4.78 is 124. The first kappa shape index (κ1) is 37.2. The number of hydrogen-bond donors (Lipinski definition) is 0. The molecule has 0 aromatic heterocycles. The van der Waals surface area contributed by atoms with Crippen LogP contribution < -0.4 is 0 Å². The molecule has 54 heavy (non-hydrogen) atoms. The fourth-order valence-electron chi connectivity index (χ4n) is 6.29. The fraction of sp³-hybridized carbons (Fsp3) is 0.0811. The number of fused-ring (bicyclic) bond motifs is 2. The van der Waals surface area contributed by atoms with Crippen LogP contribution in [0.15, 0.2) is 53.6 Å². The molecule has 5 rings (SSSR count). The van der Waals surface area contributed by atoms with Crippen LogP contribution in [0.5, 0.6) is 0 Å². The first-order valence-corrected chi connectivity index (χ1v) is 14.3. The van der Waals surface area contributed by atoms with Crippen LogP contribution in [-0.4, -0.2) is 0 Å². The smallest absolute Gasteiger partial charge is 0.192 e. The molecule has 0 heterocycles. The van der Waals surface area contributed by atoms with Crippen molar-refractivity contribution < 1.29 is 39.5 Å². The minimum absolute atomic E-state index is 0.0401. The number of rotatable bonds is 2. The maximum atomic E-state index is 14.0. The summed E-state index contributed by atoms with van der Waals surface area (Å²) in [5.74, 6) is 0. The van der Waals surface area contributed by atoms with Crippen molar-refractivity contribution >= 4 is 33.4 Å². The van der Waals surface area contributed by atoms with Crippen LogP contribution in [0.2, 0.25) is 0 Å². The van der Waals surface area contributed by atoms with Gasteiger partial charge in [-0.25, -0.2) is 0 Å². The second-order valence-corrected chi connectivity index (χ2v) is 11.0. The average Bonchev–Trinajstić information content (AvgIpc) is 3.62. The van der Waals surface area contributed by atoms with Gasteiger partial charge in [0.15, 0.2) is 0 Å². The molecule has 0 spiro atoms. The molecule has 17 heteroatoms. The monoisotopic (exact) mass is 734 g/mol. The molecule has 3 aromatic rings. The maximum absolute atomic E-state index is 14.0. The van der Waals surface area contributed by atoms with Crippen LogP contribution in [0.25, 0.3) is 33.4 Å². The summed E-state index contributed by atoms with van der Waals surface area (Å²) in [6, 6.07) is 16.3. The summed E-state index contributed by atoms with van der Waals surface area (Å²) in [6.07, 6.45) is -16.1. The Morgan fingerprint density at radius 2 is 0.926 bits per heavy atom. The predicted molar refractivity (Wildman–Crippen MR) is 165 cm³/mol. The van der Waals surface area contributed by atoms with E-state index in [-0.39, 0.29) is 23.3 Å². The highest BCUT2D eigenvalue weighted by atomic mass is 19.4. The largest absolute Gasteiger partial charge is 0.417 e. The molecule has 0 fully saturated rings. The summed E-state index contributed by atoms with van der Waals surface area (Å²) in [5.41, 5.74) is -15.3. The number of alkyl halides is 9. The third-order valence-electron chi connectivity index (χ3n) is 8.30. The van der Waals surface area contributed by atoms with Gasteiger partial charge in [-0.1, -0.05) is 12.1 Å². The fourth-order valence-corrected chi connectivity index (χ4v) is 6.29. The third kappa shape index (κ3) is 5.62. The third-order valence-corrected chi connectivity index (χ3v) is 8.30. The first-order valence-electron chi connectivity index (χ1n) is 14.3. The van der Waals surface area contributed by atoms with Gasteiger partial charge in [-0.3, -0.25) is 0 Å². The van der Waals surface area contributed by atoms with Crippen molar-refractivity contribution in [2.24, 2.45) is 0 Å². The summed E-state index contributed by atoms with van der Waals surface area (Å²) in [7, 11) is 0. The highest BCUT2D eigenvalue weighted by Crippen LogP contribution is 2.57. The maximum Gasteiger partial charge on any atom is 0.417 e. The molecule has 0 bridgehead atoms. The number of benzene rings is 3. The van der Waals surface area contributed by atoms with Gasteiger partial charge in [-0.2, -0.15) is 81.6 Å². The van der Waals surface area contributed by atoms with Gasteiger partial charge in [0.05, 0.1) is 45.0 Å². The highest BCUT2D eigenvalue weighted by molar-refractivity contribution is 6.31. The van der Waals surface area contributed by atoms with E-state index < -0.39 is 113 Å². The Balaban J connectivity index is 1.99. The zero-order valence-corrected chi connectivity index (χ0v) is 26.0. The van der Waals surface area contributed by atoms with E-state index in [2.05, 4.69) is 0 Å². The zero-order valence-electron chi connectivity index (χ0n) is 26.0. The number of nitriles is 8. The molecule has 0 amide bonds. The molecular weight excluding hydrogens is 727 g/mol. The molecule has 0 atom stereocenters. The Kier molecular flexibility index (Phi) is 8.88. The van der Waals surface area contributed by atoms with E-state index in [4.69, 9.17) is 0 Å². The highest BCUT2D eigenvalue weighted by Gasteiger charge is 2.45. The van der Waals surface area contributed by atoms with E-state index in [1.165, 1.54) is 18.2 Å². The molecule has 0 saturated heterocycles. The number of halogens is 9. The number of hydrogen-bond acceptors (Lipinski definition) is 8. The van der Waals surface area contributed by atoms with Crippen molar-refractivity contribution in [1.82, 2.24) is 0 Å². The SMILES string of the molecule is N#CC(C#N)=C1C(c2ccc(C(F)(F)F)c(C(F)(F)F)c2)=C(C#N)c2c1cc1c(c2C#N)C(=C(C#N)C#N)C(c2ccc(C(F)(F)F)c(C#N)c2)=C1C#N. The van der Waals surface area contributed by atoms with Gasteiger partial charge >= 0.3 is 18.5 Å². The lowest BCUT2D eigenvalue weighted by molar-refractivity contribution is -0.162. The van der Waals surface area contributed by atoms with Crippen molar-refractivity contribution in [2.75, 3.05) is 0 Å². The molecule has 3 aromatic carbocycles. The van der Waals surface area contributed by atoms with Crippen LogP contribution in [0.4, 0.5) is 39.5 Å². The Morgan fingerprint density at radius 3 is 1.39 bits per heavy atom. The second-order valence-electron chi connectivity index (χ2n) is 11.0. The Hall–Kier alpha value is -8.09. The van der Waals surface area contributed by atoms with Gasteiger partial charge in [0.2, 0.25) is 0 Å². The van der Waals surface area contributed by atoms with E-state index in [1.54, 1.807) is 30.3 Å². The lowest BCUT2D eigenvalue weighted by Gasteiger charge is -2.18.